The molecule has 1 saturated heterocycles. The number of carbonyl (C=O) groups excluding carboxylic acids is 2. The van der Waals surface area contributed by atoms with Crippen LogP contribution in [0.4, 0.5) is 4.79 Å². The number of likely N-dealkylation sites (tertiary alicyclic amines) is 1. The summed E-state index contributed by atoms with van der Waals surface area (Å²) < 4.78 is 5.52. The van der Waals surface area contributed by atoms with E-state index in [1.165, 1.54) is 0 Å². The summed E-state index contributed by atoms with van der Waals surface area (Å²) in [6.45, 7) is 6.24. The molecule has 0 aromatic rings. The predicted molar refractivity (Wildman–Crippen MR) is 75.3 cm³/mol. The van der Waals surface area contributed by atoms with E-state index < -0.39 is 5.60 Å². The van der Waals surface area contributed by atoms with Crippen molar-refractivity contribution in [3.05, 3.63) is 11.6 Å². The van der Waals surface area contributed by atoms with Gasteiger partial charge in [0, 0.05) is 24.4 Å². The van der Waals surface area contributed by atoms with Crippen molar-refractivity contribution in [2.24, 2.45) is 11.8 Å². The molecule has 4 heteroatoms. The third kappa shape index (κ3) is 2.25. The van der Waals surface area contributed by atoms with Gasteiger partial charge in [-0.2, -0.15) is 0 Å². The summed E-state index contributed by atoms with van der Waals surface area (Å²) in [5.74, 6) is 0.656. The highest BCUT2D eigenvalue weighted by Gasteiger charge is 2.50. The fourth-order valence-electron chi connectivity index (χ4n) is 3.89. The largest absolute Gasteiger partial charge is 0.444 e. The third-order valence-corrected chi connectivity index (χ3v) is 4.62. The molecule has 3 atom stereocenters. The fourth-order valence-corrected chi connectivity index (χ4v) is 3.89. The second-order valence-corrected chi connectivity index (χ2v) is 7.21. The lowest BCUT2D eigenvalue weighted by atomic mass is 9.86. The first kappa shape index (κ1) is 13.7. The van der Waals surface area contributed by atoms with Crippen LogP contribution < -0.4 is 0 Å². The van der Waals surface area contributed by atoms with Crippen LogP contribution in [0, 0.1) is 11.8 Å². The predicted octanol–water partition coefficient (Wildman–Crippen LogP) is 2.92. The average Bonchev–Trinajstić information content (AvgIpc) is 2.70. The highest BCUT2D eigenvalue weighted by Crippen LogP contribution is 2.46. The van der Waals surface area contributed by atoms with E-state index in [1.54, 1.807) is 6.08 Å². The Kier molecular flexibility index (Phi) is 3.14. The van der Waals surface area contributed by atoms with Gasteiger partial charge in [0.1, 0.15) is 5.60 Å². The maximum Gasteiger partial charge on any atom is 0.410 e. The van der Waals surface area contributed by atoms with E-state index in [9.17, 15) is 9.59 Å². The first-order valence-corrected chi connectivity index (χ1v) is 7.61. The minimum Gasteiger partial charge on any atom is -0.444 e. The van der Waals surface area contributed by atoms with Gasteiger partial charge in [-0.1, -0.05) is 12.8 Å². The van der Waals surface area contributed by atoms with Gasteiger partial charge in [-0.05, 0) is 45.3 Å². The van der Waals surface area contributed by atoms with Gasteiger partial charge in [0.15, 0.2) is 5.78 Å². The van der Waals surface area contributed by atoms with Gasteiger partial charge in [0.25, 0.3) is 0 Å². The van der Waals surface area contributed by atoms with Crippen molar-refractivity contribution in [1.82, 2.24) is 4.90 Å². The molecule has 20 heavy (non-hydrogen) atoms. The Bertz CT molecular complexity index is 475. The number of amides is 1. The number of hydrogen-bond acceptors (Lipinski definition) is 3. The van der Waals surface area contributed by atoms with Crippen LogP contribution in [0.15, 0.2) is 11.6 Å². The summed E-state index contributed by atoms with van der Waals surface area (Å²) in [4.78, 5) is 26.3. The Labute approximate surface area is 120 Å². The molecule has 0 bridgehead atoms. The Morgan fingerprint density at radius 3 is 2.70 bits per heavy atom. The highest BCUT2D eigenvalue weighted by atomic mass is 16.6. The van der Waals surface area contributed by atoms with Crippen molar-refractivity contribution in [1.29, 1.82) is 0 Å². The molecular formula is C16H23NO3. The van der Waals surface area contributed by atoms with Crippen LogP contribution in [0.2, 0.25) is 0 Å². The van der Waals surface area contributed by atoms with Crippen molar-refractivity contribution in [3.63, 3.8) is 0 Å². The molecule has 3 aliphatic rings. The van der Waals surface area contributed by atoms with Crippen LogP contribution in [0.5, 0.6) is 0 Å². The summed E-state index contributed by atoms with van der Waals surface area (Å²) in [5, 5.41) is 0. The van der Waals surface area contributed by atoms with E-state index in [0.717, 1.165) is 31.3 Å². The minimum absolute atomic E-state index is 0.116. The fraction of sp³-hybridized carbons (Fsp3) is 0.750. The Balaban J connectivity index is 1.83. The van der Waals surface area contributed by atoms with Crippen LogP contribution in [-0.2, 0) is 9.53 Å². The standard InChI is InChI=1S/C16H23NO3/c1-16(2,3)20-15(19)17-9-10-8-13(18)11-6-4-5-7-12(17)14(10)11/h8,11-12,14H,4-7,9H2,1-3H3/t11-,12-,14+/m1/s1. The van der Waals surface area contributed by atoms with Crippen LogP contribution in [-0.4, -0.2) is 35.0 Å². The highest BCUT2D eigenvalue weighted by molar-refractivity contribution is 5.96. The molecule has 1 saturated carbocycles. The van der Waals surface area contributed by atoms with E-state index in [4.69, 9.17) is 4.74 Å². The topological polar surface area (TPSA) is 46.6 Å². The normalized spacial score (nSPS) is 32.8. The molecule has 110 valence electrons. The van der Waals surface area contributed by atoms with Gasteiger partial charge in [0.2, 0.25) is 0 Å². The quantitative estimate of drug-likeness (QED) is 0.684. The van der Waals surface area contributed by atoms with E-state index in [0.29, 0.717) is 6.54 Å². The lowest BCUT2D eigenvalue weighted by Gasteiger charge is -2.30. The Morgan fingerprint density at radius 1 is 1.30 bits per heavy atom. The molecule has 2 aliphatic carbocycles. The third-order valence-electron chi connectivity index (χ3n) is 4.62. The second-order valence-electron chi connectivity index (χ2n) is 7.21. The number of ketones is 1. The molecule has 1 amide bonds. The summed E-state index contributed by atoms with van der Waals surface area (Å²) in [6.07, 6.45) is 5.71. The van der Waals surface area contributed by atoms with Gasteiger partial charge >= 0.3 is 6.09 Å². The molecule has 0 radical (unpaired) electrons. The van der Waals surface area contributed by atoms with Crippen LogP contribution in [0.1, 0.15) is 46.5 Å². The van der Waals surface area contributed by atoms with Gasteiger partial charge in [-0.25, -0.2) is 4.79 Å². The summed E-state index contributed by atoms with van der Waals surface area (Å²) in [6, 6.07) is 0.162. The molecular weight excluding hydrogens is 254 g/mol. The molecule has 0 unspecified atom stereocenters. The first-order valence-electron chi connectivity index (χ1n) is 7.61. The van der Waals surface area contributed by atoms with Crippen molar-refractivity contribution in [2.75, 3.05) is 6.54 Å². The maximum absolute atomic E-state index is 12.4. The van der Waals surface area contributed by atoms with Crippen molar-refractivity contribution >= 4 is 11.9 Å². The smallest absolute Gasteiger partial charge is 0.410 e. The molecule has 0 aromatic carbocycles. The minimum atomic E-state index is -0.469. The summed E-state index contributed by atoms with van der Waals surface area (Å²) in [5.41, 5.74) is 0.682. The van der Waals surface area contributed by atoms with Crippen molar-refractivity contribution in [3.8, 4) is 0 Å². The molecule has 1 heterocycles. The number of carbonyl (C=O) groups is 2. The molecule has 0 spiro atoms. The molecule has 2 fully saturated rings. The summed E-state index contributed by atoms with van der Waals surface area (Å²) >= 11 is 0. The van der Waals surface area contributed by atoms with Crippen LogP contribution >= 0.6 is 0 Å². The molecule has 0 N–H and O–H groups in total. The number of allylic oxidation sites excluding steroid dienone is 1. The van der Waals surface area contributed by atoms with Gasteiger partial charge in [-0.3, -0.25) is 4.79 Å². The van der Waals surface area contributed by atoms with Gasteiger partial charge in [0.05, 0.1) is 0 Å². The monoisotopic (exact) mass is 277 g/mol. The zero-order chi connectivity index (χ0) is 14.5. The van der Waals surface area contributed by atoms with Gasteiger partial charge in [-0.15, -0.1) is 0 Å². The van der Waals surface area contributed by atoms with E-state index in [1.807, 2.05) is 25.7 Å². The zero-order valence-corrected chi connectivity index (χ0v) is 12.5. The van der Waals surface area contributed by atoms with E-state index in [2.05, 4.69) is 0 Å². The number of nitrogens with zero attached hydrogens (tertiary/aromatic N) is 1. The second kappa shape index (κ2) is 4.61. The Hall–Kier alpha value is -1.32. The number of rotatable bonds is 0. The lowest BCUT2D eigenvalue weighted by molar-refractivity contribution is -0.118. The van der Waals surface area contributed by atoms with Gasteiger partial charge < -0.3 is 9.64 Å². The van der Waals surface area contributed by atoms with E-state index in [-0.39, 0.29) is 29.8 Å². The van der Waals surface area contributed by atoms with Crippen molar-refractivity contribution < 1.29 is 14.3 Å². The van der Waals surface area contributed by atoms with Crippen LogP contribution in [0.25, 0.3) is 0 Å². The Morgan fingerprint density at radius 2 is 2.00 bits per heavy atom. The molecule has 3 rings (SSSR count). The van der Waals surface area contributed by atoms with Crippen LogP contribution in [0.3, 0.4) is 0 Å². The van der Waals surface area contributed by atoms with Crippen molar-refractivity contribution in [2.45, 2.75) is 58.1 Å². The molecule has 0 aromatic heterocycles. The average molecular weight is 277 g/mol. The number of ether oxygens (including phenoxy) is 1. The molecule has 1 aliphatic heterocycles. The maximum atomic E-state index is 12.4. The lowest BCUT2D eigenvalue weighted by Crippen LogP contribution is -2.42. The summed E-state index contributed by atoms with van der Waals surface area (Å²) in [7, 11) is 0. The molecule has 4 nitrogen and oxygen atoms in total. The number of hydrogen-bond donors (Lipinski definition) is 0. The zero-order valence-electron chi connectivity index (χ0n) is 12.5. The first-order chi connectivity index (χ1) is 9.37. The SMILES string of the molecule is CC(C)(C)OC(=O)N1CC2=CC(=O)[C@H]3CCCC[C@@H]1[C@@H]23. The van der Waals surface area contributed by atoms with E-state index >= 15 is 0 Å².